The number of hydrogen-bond donors (Lipinski definition) is 0. The molecule has 1 rings (SSSR count). The summed E-state index contributed by atoms with van der Waals surface area (Å²) in [6, 6.07) is 0. The lowest BCUT2D eigenvalue weighted by molar-refractivity contribution is 0.484. The van der Waals surface area contributed by atoms with Gasteiger partial charge in [0.1, 0.15) is 0 Å². The normalized spacial score (nSPS) is 18.2. The van der Waals surface area contributed by atoms with Crippen LogP contribution in [0, 0.1) is 0 Å². The van der Waals surface area contributed by atoms with Crippen molar-refractivity contribution in [1.82, 2.24) is 4.31 Å². The number of nitrogens with zero attached hydrogens (tertiary/aromatic N) is 1. The van der Waals surface area contributed by atoms with Crippen molar-refractivity contribution < 1.29 is 8.42 Å². The largest absolute Gasteiger partial charge is 0.273 e. The highest BCUT2D eigenvalue weighted by Gasteiger charge is 2.21. The molecule has 1 aliphatic rings. The molecule has 0 radical (unpaired) electrons. The Labute approximate surface area is 61.4 Å². The minimum absolute atomic E-state index is 0.593. The summed E-state index contributed by atoms with van der Waals surface area (Å²) in [7, 11) is -2.95. The van der Waals surface area contributed by atoms with E-state index >= 15 is 0 Å². The number of sulfonamides is 1. The fourth-order valence-corrected chi connectivity index (χ4v) is 1.53. The first-order chi connectivity index (χ1) is 4.54. The molecule has 58 valence electrons. The molecular formula is C6H11NO2S. The first-order valence-electron chi connectivity index (χ1n) is 3.20. The van der Waals surface area contributed by atoms with Gasteiger partial charge in [-0.2, -0.15) is 0 Å². The lowest BCUT2D eigenvalue weighted by Gasteiger charge is -2.28. The molecule has 3 nitrogen and oxygen atoms in total. The smallest absolute Gasteiger partial charge is 0.232 e. The molecule has 0 atom stereocenters. The molecule has 0 aromatic heterocycles. The Hall–Kier alpha value is -0.510. The fraction of sp³-hybridized carbons (Fsp3) is 0.667. The Balaban J connectivity index is 2.64. The van der Waals surface area contributed by atoms with Gasteiger partial charge in [0, 0.05) is 6.20 Å². The summed E-state index contributed by atoms with van der Waals surface area (Å²) in [5.74, 6) is 0. The molecule has 0 fully saturated rings. The van der Waals surface area contributed by atoms with E-state index in [1.54, 1.807) is 6.20 Å². The topological polar surface area (TPSA) is 37.4 Å². The van der Waals surface area contributed by atoms with Crippen LogP contribution in [-0.2, 0) is 10.0 Å². The fourth-order valence-electron chi connectivity index (χ4n) is 0.794. The van der Waals surface area contributed by atoms with E-state index in [4.69, 9.17) is 0 Å². The average molecular weight is 161 g/mol. The third-order valence-corrected chi connectivity index (χ3v) is 2.65. The Kier molecular flexibility index (Phi) is 1.72. The Bertz CT molecular complexity index is 253. The van der Waals surface area contributed by atoms with Gasteiger partial charge in [0.2, 0.25) is 10.0 Å². The minimum Gasteiger partial charge on any atom is -0.273 e. The zero-order chi connectivity index (χ0) is 7.78. The number of hydrogen-bond acceptors (Lipinski definition) is 2. The van der Waals surface area contributed by atoms with Crippen LogP contribution >= 0.6 is 0 Å². The molecule has 0 unspecified atom stereocenters. The third kappa shape index (κ3) is 1.31. The van der Waals surface area contributed by atoms with E-state index in [-0.39, 0.29) is 0 Å². The quantitative estimate of drug-likeness (QED) is 0.593. The molecule has 0 spiro atoms. The summed E-state index contributed by atoms with van der Waals surface area (Å²) in [4.78, 5) is 0. The van der Waals surface area contributed by atoms with E-state index < -0.39 is 10.0 Å². The van der Waals surface area contributed by atoms with Gasteiger partial charge < -0.3 is 0 Å². The van der Waals surface area contributed by atoms with E-state index in [1.807, 2.05) is 6.92 Å². The highest BCUT2D eigenvalue weighted by Crippen LogP contribution is 2.18. The molecule has 10 heavy (non-hydrogen) atoms. The predicted molar refractivity (Wildman–Crippen MR) is 39.9 cm³/mol. The van der Waals surface area contributed by atoms with Crippen molar-refractivity contribution in [3.05, 3.63) is 11.8 Å². The summed E-state index contributed by atoms with van der Waals surface area (Å²) in [6.45, 7) is 2.61. The maximum absolute atomic E-state index is 10.8. The lowest BCUT2D eigenvalue weighted by Crippen LogP contribution is -2.34. The van der Waals surface area contributed by atoms with Gasteiger partial charge in [-0.25, -0.2) is 8.42 Å². The standard InChI is InChI=1S/C6H11NO2S/c1-3-6-4-7(5-6)10(2,8)9/h4H,3,5H2,1-2H3. The summed E-state index contributed by atoms with van der Waals surface area (Å²) in [6.07, 6.45) is 3.86. The van der Waals surface area contributed by atoms with Gasteiger partial charge in [0.25, 0.3) is 0 Å². The van der Waals surface area contributed by atoms with E-state index in [0.717, 1.165) is 6.42 Å². The molecule has 1 heterocycles. The predicted octanol–water partition coefficient (Wildman–Crippen LogP) is 0.556. The van der Waals surface area contributed by atoms with Gasteiger partial charge in [0.15, 0.2) is 0 Å². The van der Waals surface area contributed by atoms with Crippen LogP contribution in [0.1, 0.15) is 13.3 Å². The first kappa shape index (κ1) is 7.60. The van der Waals surface area contributed by atoms with Crippen molar-refractivity contribution in [2.24, 2.45) is 0 Å². The molecule has 0 aromatic carbocycles. The van der Waals surface area contributed by atoms with Crippen LogP contribution in [0.4, 0.5) is 0 Å². The summed E-state index contributed by atoms with van der Waals surface area (Å²) >= 11 is 0. The maximum Gasteiger partial charge on any atom is 0.232 e. The molecule has 0 saturated heterocycles. The van der Waals surface area contributed by atoms with Crippen molar-refractivity contribution >= 4 is 10.0 Å². The Morgan fingerprint density at radius 3 is 2.50 bits per heavy atom. The van der Waals surface area contributed by atoms with Crippen molar-refractivity contribution in [2.45, 2.75) is 13.3 Å². The van der Waals surface area contributed by atoms with Crippen LogP contribution in [-0.4, -0.2) is 25.5 Å². The van der Waals surface area contributed by atoms with Crippen LogP contribution in [0.3, 0.4) is 0 Å². The van der Waals surface area contributed by atoms with Crippen molar-refractivity contribution in [2.75, 3.05) is 12.8 Å². The van der Waals surface area contributed by atoms with Gasteiger partial charge in [0.05, 0.1) is 12.8 Å². The molecule has 0 aromatic rings. The van der Waals surface area contributed by atoms with Crippen LogP contribution in [0.2, 0.25) is 0 Å². The molecule has 4 heteroatoms. The Morgan fingerprint density at radius 1 is 1.70 bits per heavy atom. The second-order valence-electron chi connectivity index (χ2n) is 2.45. The molecule has 1 aliphatic heterocycles. The van der Waals surface area contributed by atoms with Crippen molar-refractivity contribution in [3.8, 4) is 0 Å². The lowest BCUT2D eigenvalue weighted by atomic mass is 10.1. The monoisotopic (exact) mass is 161 g/mol. The van der Waals surface area contributed by atoms with Gasteiger partial charge in [-0.1, -0.05) is 6.92 Å². The van der Waals surface area contributed by atoms with E-state index in [1.165, 1.54) is 16.1 Å². The van der Waals surface area contributed by atoms with E-state index in [0.29, 0.717) is 6.54 Å². The molecule has 0 amide bonds. The van der Waals surface area contributed by atoms with Crippen LogP contribution in [0.15, 0.2) is 11.8 Å². The van der Waals surface area contributed by atoms with Crippen LogP contribution < -0.4 is 0 Å². The highest BCUT2D eigenvalue weighted by molar-refractivity contribution is 7.88. The first-order valence-corrected chi connectivity index (χ1v) is 5.05. The third-order valence-electron chi connectivity index (χ3n) is 1.57. The second-order valence-corrected chi connectivity index (χ2v) is 4.38. The Morgan fingerprint density at radius 2 is 2.20 bits per heavy atom. The summed E-state index contributed by atoms with van der Waals surface area (Å²) < 4.78 is 22.9. The summed E-state index contributed by atoms with van der Waals surface area (Å²) in [5.41, 5.74) is 1.20. The number of rotatable bonds is 2. The minimum atomic E-state index is -2.95. The van der Waals surface area contributed by atoms with Gasteiger partial charge in [-0.05, 0) is 12.0 Å². The van der Waals surface area contributed by atoms with E-state index in [9.17, 15) is 8.42 Å². The molecule has 0 bridgehead atoms. The maximum atomic E-state index is 10.8. The summed E-state index contributed by atoms with van der Waals surface area (Å²) in [5, 5.41) is 0. The second kappa shape index (κ2) is 2.27. The van der Waals surface area contributed by atoms with Crippen LogP contribution in [0.25, 0.3) is 0 Å². The zero-order valence-corrected chi connectivity index (χ0v) is 6.98. The van der Waals surface area contributed by atoms with Crippen molar-refractivity contribution in [1.29, 1.82) is 0 Å². The van der Waals surface area contributed by atoms with Crippen LogP contribution in [0.5, 0.6) is 0 Å². The molecular weight excluding hydrogens is 150 g/mol. The SMILES string of the molecule is CCC1=CN(S(C)(=O)=O)C1. The van der Waals surface area contributed by atoms with Gasteiger partial charge >= 0.3 is 0 Å². The van der Waals surface area contributed by atoms with E-state index in [2.05, 4.69) is 0 Å². The average Bonchev–Trinajstić information content (AvgIpc) is 1.57. The molecule has 0 saturated carbocycles. The highest BCUT2D eigenvalue weighted by atomic mass is 32.2. The molecule has 0 aliphatic carbocycles. The zero-order valence-electron chi connectivity index (χ0n) is 6.16. The van der Waals surface area contributed by atoms with Gasteiger partial charge in [-0.3, -0.25) is 4.31 Å². The van der Waals surface area contributed by atoms with Gasteiger partial charge in [-0.15, -0.1) is 0 Å². The molecule has 0 N–H and O–H groups in total. The van der Waals surface area contributed by atoms with Crippen molar-refractivity contribution in [3.63, 3.8) is 0 Å².